The standard InChI is InChI=1S/C12H24/c1-5-10(2)12(3,4)11-8-6-7-9-11/h10-11H,5-9H2,1-4H3. The van der Waals surface area contributed by atoms with Crippen molar-refractivity contribution in [3.63, 3.8) is 0 Å². The number of hydrogen-bond donors (Lipinski definition) is 0. The van der Waals surface area contributed by atoms with Crippen molar-refractivity contribution in [2.75, 3.05) is 0 Å². The van der Waals surface area contributed by atoms with Crippen molar-refractivity contribution < 1.29 is 0 Å². The van der Waals surface area contributed by atoms with E-state index in [2.05, 4.69) is 27.7 Å². The van der Waals surface area contributed by atoms with Crippen LogP contribution in [0, 0.1) is 17.3 Å². The summed E-state index contributed by atoms with van der Waals surface area (Å²) in [7, 11) is 0. The van der Waals surface area contributed by atoms with Gasteiger partial charge in [0.25, 0.3) is 0 Å². The molecule has 0 N–H and O–H groups in total. The van der Waals surface area contributed by atoms with Gasteiger partial charge in [-0.25, -0.2) is 0 Å². The van der Waals surface area contributed by atoms with Crippen molar-refractivity contribution >= 4 is 0 Å². The maximum Gasteiger partial charge on any atom is -0.0300 e. The molecule has 0 spiro atoms. The third-order valence-corrected chi connectivity index (χ3v) is 4.29. The van der Waals surface area contributed by atoms with Crippen molar-refractivity contribution in [3.05, 3.63) is 0 Å². The van der Waals surface area contributed by atoms with E-state index in [1.807, 2.05) is 0 Å². The van der Waals surface area contributed by atoms with Gasteiger partial charge in [0.05, 0.1) is 0 Å². The average Bonchev–Trinajstić information content (AvgIpc) is 2.55. The first-order chi connectivity index (χ1) is 5.59. The molecule has 72 valence electrons. The summed E-state index contributed by atoms with van der Waals surface area (Å²) in [4.78, 5) is 0. The largest absolute Gasteiger partial charge is 0.0651 e. The summed E-state index contributed by atoms with van der Waals surface area (Å²) in [6.07, 6.45) is 7.26. The fraction of sp³-hybridized carbons (Fsp3) is 1.00. The molecule has 0 radical (unpaired) electrons. The van der Waals surface area contributed by atoms with E-state index in [0.717, 1.165) is 11.8 Å². The second-order valence-corrected chi connectivity index (χ2v) is 5.11. The Labute approximate surface area is 77.7 Å². The zero-order chi connectivity index (χ0) is 9.19. The lowest BCUT2D eigenvalue weighted by Crippen LogP contribution is -2.29. The van der Waals surface area contributed by atoms with Crippen molar-refractivity contribution in [1.29, 1.82) is 0 Å². The first kappa shape index (κ1) is 10.1. The molecule has 1 saturated carbocycles. The Morgan fingerprint density at radius 2 is 1.75 bits per heavy atom. The normalized spacial score (nSPS) is 23.0. The molecule has 0 nitrogen and oxygen atoms in total. The minimum absolute atomic E-state index is 0.589. The highest BCUT2D eigenvalue weighted by atomic mass is 14.4. The number of hydrogen-bond acceptors (Lipinski definition) is 0. The van der Waals surface area contributed by atoms with Gasteiger partial charge < -0.3 is 0 Å². The Hall–Kier alpha value is 0. The Morgan fingerprint density at radius 1 is 1.25 bits per heavy atom. The van der Waals surface area contributed by atoms with Crippen LogP contribution in [0.1, 0.15) is 59.8 Å². The molecule has 0 aromatic heterocycles. The first-order valence-electron chi connectivity index (χ1n) is 5.59. The highest BCUT2D eigenvalue weighted by Gasteiger charge is 2.35. The van der Waals surface area contributed by atoms with E-state index in [1.54, 1.807) is 0 Å². The van der Waals surface area contributed by atoms with E-state index in [9.17, 15) is 0 Å². The van der Waals surface area contributed by atoms with Gasteiger partial charge in [-0.1, -0.05) is 47.0 Å². The molecule has 0 aromatic rings. The lowest BCUT2D eigenvalue weighted by atomic mass is 9.68. The van der Waals surface area contributed by atoms with Crippen molar-refractivity contribution in [2.24, 2.45) is 17.3 Å². The summed E-state index contributed by atoms with van der Waals surface area (Å²) in [6, 6.07) is 0. The van der Waals surface area contributed by atoms with Crippen molar-refractivity contribution in [3.8, 4) is 0 Å². The lowest BCUT2D eigenvalue weighted by Gasteiger charge is -2.37. The highest BCUT2D eigenvalue weighted by Crippen LogP contribution is 2.45. The molecule has 1 unspecified atom stereocenters. The second-order valence-electron chi connectivity index (χ2n) is 5.11. The van der Waals surface area contributed by atoms with Gasteiger partial charge in [0.15, 0.2) is 0 Å². The molecule has 1 rings (SSSR count). The monoisotopic (exact) mass is 168 g/mol. The summed E-state index contributed by atoms with van der Waals surface area (Å²) in [6.45, 7) is 9.67. The van der Waals surface area contributed by atoms with Gasteiger partial charge in [-0.05, 0) is 30.1 Å². The summed E-state index contributed by atoms with van der Waals surface area (Å²) in [5.41, 5.74) is 0.589. The van der Waals surface area contributed by atoms with Gasteiger partial charge in [0.1, 0.15) is 0 Å². The molecule has 12 heavy (non-hydrogen) atoms. The Bertz CT molecular complexity index is 129. The molecule has 0 aliphatic heterocycles. The number of rotatable bonds is 3. The van der Waals surface area contributed by atoms with Crippen LogP contribution in [0.2, 0.25) is 0 Å². The third-order valence-electron chi connectivity index (χ3n) is 4.29. The minimum Gasteiger partial charge on any atom is -0.0651 e. The molecule has 0 amide bonds. The van der Waals surface area contributed by atoms with Crippen LogP contribution in [0.5, 0.6) is 0 Å². The van der Waals surface area contributed by atoms with Crippen LogP contribution < -0.4 is 0 Å². The molecular weight excluding hydrogens is 144 g/mol. The van der Waals surface area contributed by atoms with Gasteiger partial charge in [-0.2, -0.15) is 0 Å². The van der Waals surface area contributed by atoms with E-state index in [0.29, 0.717) is 5.41 Å². The summed E-state index contributed by atoms with van der Waals surface area (Å²) in [5.74, 6) is 1.90. The SMILES string of the molecule is CCC(C)C(C)(C)C1CCCC1. The molecule has 0 heteroatoms. The van der Waals surface area contributed by atoms with Crippen molar-refractivity contribution in [1.82, 2.24) is 0 Å². The molecule has 1 aliphatic rings. The fourth-order valence-electron chi connectivity index (χ4n) is 2.60. The maximum absolute atomic E-state index is 2.47. The summed E-state index contributed by atoms with van der Waals surface area (Å²) < 4.78 is 0. The van der Waals surface area contributed by atoms with Crippen LogP contribution in [0.4, 0.5) is 0 Å². The molecule has 0 bridgehead atoms. The van der Waals surface area contributed by atoms with Gasteiger partial charge in [-0.3, -0.25) is 0 Å². The van der Waals surface area contributed by atoms with Crippen LogP contribution in [-0.2, 0) is 0 Å². The Morgan fingerprint density at radius 3 is 2.17 bits per heavy atom. The highest BCUT2D eigenvalue weighted by molar-refractivity contribution is 4.85. The Kier molecular flexibility index (Phi) is 3.20. The van der Waals surface area contributed by atoms with Crippen LogP contribution in [0.3, 0.4) is 0 Å². The predicted molar refractivity (Wildman–Crippen MR) is 55.2 cm³/mol. The molecule has 1 fully saturated rings. The van der Waals surface area contributed by atoms with Crippen LogP contribution in [0.25, 0.3) is 0 Å². The van der Waals surface area contributed by atoms with Gasteiger partial charge in [-0.15, -0.1) is 0 Å². The zero-order valence-electron chi connectivity index (χ0n) is 9.19. The lowest BCUT2D eigenvalue weighted by molar-refractivity contribution is 0.126. The molecule has 1 atom stereocenters. The van der Waals surface area contributed by atoms with E-state index < -0.39 is 0 Å². The molecular formula is C12H24. The average molecular weight is 168 g/mol. The quantitative estimate of drug-likeness (QED) is 0.591. The van der Waals surface area contributed by atoms with Crippen LogP contribution in [-0.4, -0.2) is 0 Å². The van der Waals surface area contributed by atoms with E-state index in [1.165, 1.54) is 32.1 Å². The molecule has 1 aliphatic carbocycles. The maximum atomic E-state index is 2.47. The minimum atomic E-state index is 0.589. The van der Waals surface area contributed by atoms with E-state index in [-0.39, 0.29) is 0 Å². The topological polar surface area (TPSA) is 0 Å². The zero-order valence-corrected chi connectivity index (χ0v) is 9.19. The van der Waals surface area contributed by atoms with E-state index >= 15 is 0 Å². The smallest absolute Gasteiger partial charge is 0.0300 e. The molecule has 0 aromatic carbocycles. The third kappa shape index (κ3) is 1.84. The van der Waals surface area contributed by atoms with E-state index in [4.69, 9.17) is 0 Å². The first-order valence-corrected chi connectivity index (χ1v) is 5.59. The molecule has 0 heterocycles. The predicted octanol–water partition coefficient (Wildman–Crippen LogP) is 4.25. The second kappa shape index (κ2) is 3.81. The van der Waals surface area contributed by atoms with Crippen LogP contribution >= 0.6 is 0 Å². The van der Waals surface area contributed by atoms with Crippen LogP contribution in [0.15, 0.2) is 0 Å². The Balaban J connectivity index is 2.56. The van der Waals surface area contributed by atoms with Gasteiger partial charge in [0.2, 0.25) is 0 Å². The fourth-order valence-corrected chi connectivity index (χ4v) is 2.60. The van der Waals surface area contributed by atoms with Gasteiger partial charge in [0, 0.05) is 0 Å². The van der Waals surface area contributed by atoms with Crippen molar-refractivity contribution in [2.45, 2.75) is 59.8 Å². The summed E-state index contributed by atoms with van der Waals surface area (Å²) in [5, 5.41) is 0. The summed E-state index contributed by atoms with van der Waals surface area (Å²) >= 11 is 0. The van der Waals surface area contributed by atoms with Gasteiger partial charge >= 0.3 is 0 Å². The molecule has 0 saturated heterocycles.